The van der Waals surface area contributed by atoms with Gasteiger partial charge in [-0.1, -0.05) is 11.6 Å². The van der Waals surface area contributed by atoms with Gasteiger partial charge in [0.2, 0.25) is 0 Å². The van der Waals surface area contributed by atoms with Gasteiger partial charge in [-0.3, -0.25) is 0 Å². The van der Waals surface area contributed by atoms with Crippen LogP contribution in [0.5, 0.6) is 0 Å². The molecule has 0 fully saturated rings. The molecule has 0 aromatic rings. The predicted molar refractivity (Wildman–Crippen MR) is 22.4 cm³/mol. The van der Waals surface area contributed by atoms with E-state index in [4.69, 9.17) is 16.7 Å². The summed E-state index contributed by atoms with van der Waals surface area (Å²) in [6.45, 7) is 1.29. The molecule has 0 aromatic heterocycles. The van der Waals surface area contributed by atoms with E-state index >= 15 is 0 Å². The van der Waals surface area contributed by atoms with Crippen LogP contribution >= 0.6 is 11.6 Å². The molecule has 1 N–H and O–H groups in total. The third-order valence-electron chi connectivity index (χ3n) is 0.365. The molecule has 1 nitrogen and oxygen atoms in total. The van der Waals surface area contributed by atoms with Crippen LogP contribution in [0.2, 0.25) is 0 Å². The minimum absolute atomic E-state index is 1.05. The fraction of sp³-hybridized carbons (Fsp3) is 1.00. The molecule has 0 aromatic carbocycles. The van der Waals surface area contributed by atoms with Crippen molar-refractivity contribution in [1.82, 2.24) is 0 Å². The quantitative estimate of drug-likeness (QED) is 0.500. The zero-order valence-corrected chi connectivity index (χ0v) is 4.11. The van der Waals surface area contributed by atoms with Gasteiger partial charge in [-0.25, -0.2) is 4.39 Å². The van der Waals surface area contributed by atoms with E-state index in [0.717, 1.165) is 0 Å². The van der Waals surface area contributed by atoms with Crippen molar-refractivity contribution in [3.05, 3.63) is 0 Å². The Morgan fingerprint density at radius 3 is 2.00 bits per heavy atom. The highest BCUT2D eigenvalue weighted by molar-refractivity contribution is 6.19. The summed E-state index contributed by atoms with van der Waals surface area (Å²) in [6.07, 6.45) is -1.05. The van der Waals surface area contributed by atoms with Gasteiger partial charge in [-0.15, -0.1) is 0 Å². The van der Waals surface area contributed by atoms with Crippen LogP contribution in [-0.4, -0.2) is 16.8 Å². The Morgan fingerprint density at radius 2 is 2.00 bits per heavy atom. The van der Waals surface area contributed by atoms with Crippen molar-refractivity contribution < 1.29 is 9.50 Å². The number of hydrogen-bond donors (Lipinski definition) is 1. The molecule has 0 aliphatic heterocycles. The van der Waals surface area contributed by atoms with Crippen LogP contribution in [0.4, 0.5) is 4.39 Å². The van der Waals surface area contributed by atoms with E-state index in [1.54, 1.807) is 0 Å². The van der Waals surface area contributed by atoms with Crippen molar-refractivity contribution in [3.63, 3.8) is 0 Å². The first-order valence-electron chi connectivity index (χ1n) is 1.61. The topological polar surface area (TPSA) is 20.2 Å². The first-order chi connectivity index (χ1) is 2.64. The highest BCUT2D eigenvalue weighted by atomic mass is 35.5. The standard InChI is InChI=1S/C3H6ClFO/c1-2(6)3(4)5/h2-3,6H,1H3. The monoisotopic (exact) mass is 112 g/mol. The molecule has 0 saturated carbocycles. The van der Waals surface area contributed by atoms with E-state index in [-0.39, 0.29) is 0 Å². The maximum Gasteiger partial charge on any atom is 0.198 e. The van der Waals surface area contributed by atoms with Crippen molar-refractivity contribution in [2.75, 3.05) is 0 Å². The molecule has 2 atom stereocenters. The van der Waals surface area contributed by atoms with Gasteiger partial charge >= 0.3 is 0 Å². The Labute approximate surface area is 40.7 Å². The first kappa shape index (κ1) is 6.18. The van der Waals surface area contributed by atoms with Crippen LogP contribution in [0.1, 0.15) is 6.92 Å². The summed E-state index contributed by atoms with van der Waals surface area (Å²) >= 11 is 4.70. The summed E-state index contributed by atoms with van der Waals surface area (Å²) in [4.78, 5) is 0. The Balaban J connectivity index is 2.99. The average molecular weight is 113 g/mol. The molecule has 2 unspecified atom stereocenters. The van der Waals surface area contributed by atoms with E-state index < -0.39 is 11.7 Å². The summed E-state index contributed by atoms with van der Waals surface area (Å²) in [6, 6.07) is 0. The number of alkyl halides is 2. The second kappa shape index (κ2) is 2.37. The molecule has 0 aliphatic carbocycles. The fourth-order valence-corrected chi connectivity index (χ4v) is 0. The lowest BCUT2D eigenvalue weighted by atomic mass is 10.5. The van der Waals surface area contributed by atoms with Gasteiger partial charge in [0.25, 0.3) is 0 Å². The predicted octanol–water partition coefficient (Wildman–Crippen LogP) is 0.902. The third kappa shape index (κ3) is 2.42. The number of aliphatic hydroxyl groups is 1. The SMILES string of the molecule is CC(O)C(F)Cl. The Kier molecular flexibility index (Phi) is 2.44. The fourth-order valence-electron chi connectivity index (χ4n) is 0. The summed E-state index contributed by atoms with van der Waals surface area (Å²) in [7, 11) is 0. The van der Waals surface area contributed by atoms with Crippen LogP contribution < -0.4 is 0 Å². The largest absolute Gasteiger partial charge is 0.389 e. The lowest BCUT2D eigenvalue weighted by Gasteiger charge is -1.98. The van der Waals surface area contributed by atoms with Crippen molar-refractivity contribution in [2.24, 2.45) is 0 Å². The molecule has 0 bridgehead atoms. The van der Waals surface area contributed by atoms with Gasteiger partial charge < -0.3 is 5.11 Å². The van der Waals surface area contributed by atoms with Gasteiger partial charge in [0.15, 0.2) is 5.63 Å². The maximum atomic E-state index is 11.3. The van der Waals surface area contributed by atoms with Gasteiger partial charge in [-0.2, -0.15) is 0 Å². The summed E-state index contributed by atoms with van der Waals surface area (Å²) < 4.78 is 11.3. The Bertz CT molecular complexity index is 31.8. The van der Waals surface area contributed by atoms with E-state index in [1.165, 1.54) is 6.92 Å². The van der Waals surface area contributed by atoms with Gasteiger partial charge in [0.05, 0.1) is 6.10 Å². The molecule has 0 radical (unpaired) electrons. The van der Waals surface area contributed by atoms with Crippen LogP contribution in [0.3, 0.4) is 0 Å². The molecule has 0 aliphatic rings. The van der Waals surface area contributed by atoms with E-state index in [1.807, 2.05) is 0 Å². The second-order valence-corrected chi connectivity index (χ2v) is 1.49. The van der Waals surface area contributed by atoms with Crippen molar-refractivity contribution in [2.45, 2.75) is 18.7 Å². The summed E-state index contributed by atoms with van der Waals surface area (Å²) in [5, 5.41) is 8.12. The summed E-state index contributed by atoms with van der Waals surface area (Å²) in [5.74, 6) is 0. The maximum absolute atomic E-state index is 11.3. The number of rotatable bonds is 1. The number of halogens is 2. The normalized spacial score (nSPS) is 20.0. The minimum atomic E-state index is -1.62. The molecule has 0 saturated heterocycles. The highest BCUT2D eigenvalue weighted by Gasteiger charge is 2.05. The van der Waals surface area contributed by atoms with E-state index in [2.05, 4.69) is 0 Å². The van der Waals surface area contributed by atoms with Crippen LogP contribution in [0.25, 0.3) is 0 Å². The number of aliphatic hydroxyl groups excluding tert-OH is 1. The molecular weight excluding hydrogens is 106 g/mol. The second-order valence-electron chi connectivity index (χ2n) is 1.08. The molecule has 0 amide bonds. The molecule has 0 rings (SSSR count). The Hall–Kier alpha value is 0.180. The molecule has 3 heteroatoms. The molecule has 0 heterocycles. The first-order valence-corrected chi connectivity index (χ1v) is 2.04. The molecule has 38 valence electrons. The van der Waals surface area contributed by atoms with Crippen LogP contribution in [0.15, 0.2) is 0 Å². The molecule has 6 heavy (non-hydrogen) atoms. The van der Waals surface area contributed by atoms with Crippen LogP contribution in [-0.2, 0) is 0 Å². The molecular formula is C3H6ClFO. The average Bonchev–Trinajstić information content (AvgIpc) is 1.36. The third-order valence-corrected chi connectivity index (χ3v) is 0.729. The van der Waals surface area contributed by atoms with E-state index in [0.29, 0.717) is 0 Å². The highest BCUT2D eigenvalue weighted by Crippen LogP contribution is 2.00. The van der Waals surface area contributed by atoms with Gasteiger partial charge in [-0.05, 0) is 6.92 Å². The van der Waals surface area contributed by atoms with Crippen LogP contribution in [0, 0.1) is 0 Å². The lowest BCUT2D eigenvalue weighted by molar-refractivity contribution is 0.137. The van der Waals surface area contributed by atoms with Gasteiger partial charge in [0.1, 0.15) is 0 Å². The van der Waals surface area contributed by atoms with Crippen molar-refractivity contribution >= 4 is 11.6 Å². The number of hydrogen-bond acceptors (Lipinski definition) is 1. The van der Waals surface area contributed by atoms with Gasteiger partial charge in [0, 0.05) is 0 Å². The lowest BCUT2D eigenvalue weighted by Crippen LogP contribution is -2.09. The van der Waals surface area contributed by atoms with E-state index in [9.17, 15) is 4.39 Å². The summed E-state index contributed by atoms with van der Waals surface area (Å²) in [5.41, 5.74) is -1.62. The Morgan fingerprint density at radius 1 is 1.83 bits per heavy atom. The van der Waals surface area contributed by atoms with Crippen molar-refractivity contribution in [3.8, 4) is 0 Å². The van der Waals surface area contributed by atoms with Crippen molar-refractivity contribution in [1.29, 1.82) is 0 Å². The zero-order valence-electron chi connectivity index (χ0n) is 3.36. The minimum Gasteiger partial charge on any atom is -0.389 e. The molecule has 0 spiro atoms. The zero-order chi connectivity index (χ0) is 5.15. The smallest absolute Gasteiger partial charge is 0.198 e.